The second-order valence-electron chi connectivity index (χ2n) is 8.72. The van der Waals surface area contributed by atoms with Crippen LogP contribution in [0.5, 0.6) is 5.75 Å². The van der Waals surface area contributed by atoms with Crippen molar-refractivity contribution in [3.8, 4) is 17.0 Å². The van der Waals surface area contributed by atoms with Gasteiger partial charge in [-0.2, -0.15) is 13.2 Å². The van der Waals surface area contributed by atoms with Crippen LogP contribution in [0.25, 0.3) is 11.3 Å². The fourth-order valence-electron chi connectivity index (χ4n) is 4.76. The molecule has 8 nitrogen and oxygen atoms in total. The highest BCUT2D eigenvalue weighted by molar-refractivity contribution is 5.94. The molecule has 1 fully saturated rings. The van der Waals surface area contributed by atoms with Crippen LogP contribution in [-0.4, -0.2) is 62.8 Å². The van der Waals surface area contributed by atoms with E-state index in [1.807, 2.05) is 35.4 Å². The number of methoxy groups -OCH3 is 1. The average molecular weight is 502 g/mol. The fourth-order valence-corrected chi connectivity index (χ4v) is 4.76. The number of imidazole rings is 1. The highest BCUT2D eigenvalue weighted by Gasteiger charge is 2.44. The summed E-state index contributed by atoms with van der Waals surface area (Å²) < 4.78 is 39.5. The maximum absolute atomic E-state index is 12.8. The van der Waals surface area contributed by atoms with Crippen molar-refractivity contribution < 1.29 is 32.6 Å². The van der Waals surface area contributed by atoms with Gasteiger partial charge in [-0.25, -0.2) is 9.78 Å². The first-order valence-corrected chi connectivity index (χ1v) is 11.3. The predicted octanol–water partition coefficient (Wildman–Crippen LogP) is 4.16. The Hall–Kier alpha value is -3.89. The van der Waals surface area contributed by atoms with Crippen LogP contribution < -0.4 is 4.74 Å². The summed E-state index contributed by atoms with van der Waals surface area (Å²) >= 11 is 0. The largest absolute Gasteiger partial charge is 0.497 e. The summed E-state index contributed by atoms with van der Waals surface area (Å²) in [5.74, 6) is -0.657. The molecule has 0 aliphatic carbocycles. The topological polar surface area (TPSA) is 97.5 Å². The average Bonchev–Trinajstić information content (AvgIpc) is 3.46. The van der Waals surface area contributed by atoms with Crippen LogP contribution in [0.15, 0.2) is 55.0 Å². The monoisotopic (exact) mass is 502 g/mol. The molecule has 2 aromatic heterocycles. The van der Waals surface area contributed by atoms with Gasteiger partial charge in [0.25, 0.3) is 5.91 Å². The molecule has 4 heterocycles. The van der Waals surface area contributed by atoms with Crippen molar-refractivity contribution in [2.75, 3.05) is 20.2 Å². The Balaban J connectivity index is 0.000000384. The first-order valence-electron chi connectivity index (χ1n) is 11.3. The molecule has 1 amide bonds. The number of piperidine rings is 1. The second kappa shape index (κ2) is 10.00. The van der Waals surface area contributed by atoms with E-state index in [-0.39, 0.29) is 11.3 Å². The number of amides is 1. The number of halogens is 3. The third-order valence-corrected chi connectivity index (χ3v) is 6.67. The first kappa shape index (κ1) is 25.2. The number of aromatic nitrogens is 3. The Morgan fingerprint density at radius 1 is 1.06 bits per heavy atom. The van der Waals surface area contributed by atoms with Gasteiger partial charge in [-0.1, -0.05) is 12.1 Å². The molecule has 36 heavy (non-hydrogen) atoms. The maximum Gasteiger partial charge on any atom is 0.490 e. The number of pyridine rings is 1. The minimum absolute atomic E-state index is 0.0723. The lowest BCUT2D eigenvalue weighted by molar-refractivity contribution is -0.192. The Morgan fingerprint density at radius 3 is 2.36 bits per heavy atom. The van der Waals surface area contributed by atoms with E-state index < -0.39 is 12.1 Å². The lowest BCUT2D eigenvalue weighted by Crippen LogP contribution is -2.44. The summed E-state index contributed by atoms with van der Waals surface area (Å²) in [6.45, 7) is 2.49. The summed E-state index contributed by atoms with van der Waals surface area (Å²) in [6.07, 6.45) is 3.23. The number of ether oxygens (including phenoxy) is 1. The molecule has 2 aliphatic heterocycles. The van der Waals surface area contributed by atoms with Gasteiger partial charge in [0.2, 0.25) is 0 Å². The molecule has 2 aliphatic rings. The Labute approximate surface area is 205 Å². The molecule has 0 bridgehead atoms. The van der Waals surface area contributed by atoms with Crippen molar-refractivity contribution in [2.45, 2.75) is 37.4 Å². The van der Waals surface area contributed by atoms with Crippen LogP contribution in [0, 0.1) is 0 Å². The van der Waals surface area contributed by atoms with Gasteiger partial charge in [-0.3, -0.25) is 9.78 Å². The third-order valence-electron chi connectivity index (χ3n) is 6.67. The molecule has 1 aromatic carbocycles. The van der Waals surface area contributed by atoms with Crippen LogP contribution in [0.2, 0.25) is 0 Å². The van der Waals surface area contributed by atoms with Gasteiger partial charge in [0.15, 0.2) is 0 Å². The summed E-state index contributed by atoms with van der Waals surface area (Å²) in [6, 6.07) is 11.8. The number of alkyl halides is 3. The quantitative estimate of drug-likeness (QED) is 0.578. The number of benzene rings is 1. The van der Waals surface area contributed by atoms with Crippen LogP contribution in [-0.2, 0) is 16.8 Å². The number of likely N-dealkylation sites (tertiary alicyclic amines) is 1. The molecule has 0 saturated carbocycles. The molecule has 0 atom stereocenters. The second-order valence-corrected chi connectivity index (χ2v) is 8.72. The SMILES string of the molecule is COc1cccc(-c2cnc3n2CCC32CCN(C(=O)c3cccnc3)CC2)c1.O=C(O)C(F)(F)F. The Bertz CT molecular complexity index is 1240. The van der Waals surface area contributed by atoms with Crippen molar-refractivity contribution in [1.29, 1.82) is 0 Å². The molecule has 0 unspecified atom stereocenters. The van der Waals surface area contributed by atoms with Gasteiger partial charge in [0.1, 0.15) is 11.6 Å². The molecule has 1 saturated heterocycles. The number of carbonyl (C=O) groups is 2. The lowest BCUT2D eigenvalue weighted by atomic mass is 9.76. The van der Waals surface area contributed by atoms with Crippen molar-refractivity contribution in [1.82, 2.24) is 19.4 Å². The van der Waals surface area contributed by atoms with Gasteiger partial charge in [0, 0.05) is 43.0 Å². The molecule has 5 rings (SSSR count). The molecule has 1 spiro atoms. The number of hydrogen-bond donors (Lipinski definition) is 1. The van der Waals surface area contributed by atoms with Crippen LogP contribution >= 0.6 is 0 Å². The predicted molar refractivity (Wildman–Crippen MR) is 124 cm³/mol. The molecule has 3 aromatic rings. The maximum atomic E-state index is 12.8. The summed E-state index contributed by atoms with van der Waals surface area (Å²) in [4.78, 5) is 32.5. The zero-order chi connectivity index (χ0) is 25.9. The number of fused-ring (bicyclic) bond motifs is 2. The van der Waals surface area contributed by atoms with Crippen molar-refractivity contribution in [3.05, 3.63) is 66.4 Å². The molecular weight excluding hydrogens is 477 g/mol. The summed E-state index contributed by atoms with van der Waals surface area (Å²) in [5.41, 5.74) is 3.01. The normalized spacial score (nSPS) is 16.2. The van der Waals surface area contributed by atoms with Gasteiger partial charge >= 0.3 is 12.1 Å². The van der Waals surface area contributed by atoms with Gasteiger partial charge in [0.05, 0.1) is 24.6 Å². The van der Waals surface area contributed by atoms with Gasteiger partial charge in [-0.15, -0.1) is 0 Å². The summed E-state index contributed by atoms with van der Waals surface area (Å²) in [5, 5.41) is 7.12. The van der Waals surface area contributed by atoms with Crippen molar-refractivity contribution in [2.24, 2.45) is 0 Å². The fraction of sp³-hybridized carbons (Fsp3) is 0.360. The number of carbonyl (C=O) groups excluding carboxylic acids is 1. The number of carboxylic acid groups (broad SMARTS) is 1. The van der Waals surface area contributed by atoms with Crippen LogP contribution in [0.1, 0.15) is 35.4 Å². The standard InChI is InChI=1S/C23H24N4O2.C2HF3O2/c1-29-19-6-2-4-17(14-19)20-16-25-22-23(9-13-27(20)22)7-11-26(12-8-23)21(28)18-5-3-10-24-15-18;3-2(4,5)1(6)7/h2-6,10,14-16H,7-9,11-13H2,1H3;(H,6,7). The molecule has 1 N–H and O–H groups in total. The van der Waals surface area contributed by atoms with E-state index >= 15 is 0 Å². The third kappa shape index (κ3) is 5.05. The molecule has 11 heteroatoms. The summed E-state index contributed by atoms with van der Waals surface area (Å²) in [7, 11) is 1.69. The van der Waals surface area contributed by atoms with E-state index in [2.05, 4.69) is 21.7 Å². The molecular formula is C25H25F3N4O4. The van der Waals surface area contributed by atoms with Gasteiger partial charge in [-0.05, 0) is 43.5 Å². The number of hydrogen-bond acceptors (Lipinski definition) is 5. The van der Waals surface area contributed by atoms with E-state index in [4.69, 9.17) is 19.6 Å². The van der Waals surface area contributed by atoms with Crippen molar-refractivity contribution in [3.63, 3.8) is 0 Å². The Kier molecular flexibility index (Phi) is 7.00. The van der Waals surface area contributed by atoms with Crippen molar-refractivity contribution >= 4 is 11.9 Å². The first-order chi connectivity index (χ1) is 17.1. The highest BCUT2D eigenvalue weighted by Crippen LogP contribution is 2.45. The number of carboxylic acids is 1. The zero-order valence-electron chi connectivity index (χ0n) is 19.5. The molecule has 0 radical (unpaired) electrons. The minimum Gasteiger partial charge on any atom is -0.497 e. The number of rotatable bonds is 3. The highest BCUT2D eigenvalue weighted by atomic mass is 19.4. The van der Waals surface area contributed by atoms with Gasteiger partial charge < -0.3 is 19.3 Å². The minimum atomic E-state index is -5.08. The van der Waals surface area contributed by atoms with E-state index in [0.29, 0.717) is 5.56 Å². The lowest BCUT2D eigenvalue weighted by Gasteiger charge is -2.38. The van der Waals surface area contributed by atoms with E-state index in [9.17, 15) is 18.0 Å². The number of nitrogens with zero attached hydrogens (tertiary/aromatic N) is 4. The molecule has 190 valence electrons. The van der Waals surface area contributed by atoms with E-state index in [1.165, 1.54) is 5.82 Å². The van der Waals surface area contributed by atoms with E-state index in [1.54, 1.807) is 19.5 Å². The number of aliphatic carboxylic acids is 1. The smallest absolute Gasteiger partial charge is 0.490 e. The Morgan fingerprint density at radius 2 is 1.75 bits per heavy atom. The van der Waals surface area contributed by atoms with E-state index in [0.717, 1.165) is 55.9 Å². The van der Waals surface area contributed by atoms with Crippen LogP contribution in [0.4, 0.5) is 13.2 Å². The zero-order valence-corrected chi connectivity index (χ0v) is 19.5. The van der Waals surface area contributed by atoms with Crippen LogP contribution in [0.3, 0.4) is 0 Å².